The lowest BCUT2D eigenvalue weighted by molar-refractivity contribution is -0.334. The zero-order chi connectivity index (χ0) is 27.0. The Morgan fingerprint density at radius 1 is 1.16 bits per heavy atom. The van der Waals surface area contributed by atoms with Crippen molar-refractivity contribution in [1.29, 1.82) is 0 Å². The van der Waals surface area contributed by atoms with Crippen LogP contribution in [0.2, 0.25) is 0 Å². The number of hydrogen-bond donors (Lipinski definition) is 1. The Hall–Kier alpha value is -2.57. The van der Waals surface area contributed by atoms with Gasteiger partial charge in [0, 0.05) is 30.4 Å². The van der Waals surface area contributed by atoms with Gasteiger partial charge >= 0.3 is 5.97 Å². The Kier molecular flexibility index (Phi) is 7.74. The van der Waals surface area contributed by atoms with E-state index in [0.29, 0.717) is 53.7 Å². The molecule has 5 rings (SSSR count). The third kappa shape index (κ3) is 5.43. The molecule has 0 amide bonds. The number of esters is 1. The van der Waals surface area contributed by atoms with Gasteiger partial charge in [0.1, 0.15) is 12.7 Å². The molecule has 2 bridgehead atoms. The van der Waals surface area contributed by atoms with Crippen LogP contribution in [-0.2, 0) is 14.2 Å². The number of allylic oxidation sites excluding steroid dienone is 4. The molecule has 4 aliphatic rings. The average Bonchev–Trinajstić information content (AvgIpc) is 3.30. The van der Waals surface area contributed by atoms with Gasteiger partial charge in [0.25, 0.3) is 0 Å². The molecule has 1 aromatic carbocycles. The minimum absolute atomic E-state index is 0.0767. The van der Waals surface area contributed by atoms with Gasteiger partial charge in [-0.15, -0.1) is 0 Å². The van der Waals surface area contributed by atoms with Crippen LogP contribution in [0.15, 0.2) is 35.9 Å². The summed E-state index contributed by atoms with van der Waals surface area (Å²) in [6.45, 7) is 10.9. The quantitative estimate of drug-likeness (QED) is 0.315. The van der Waals surface area contributed by atoms with Gasteiger partial charge in [-0.2, -0.15) is 0 Å². The Labute approximate surface area is 226 Å². The van der Waals surface area contributed by atoms with E-state index in [-0.39, 0.29) is 24.1 Å². The standard InChI is InChI=1S/C32H42O6/c1-6-27-21(4)12-13-32(38-27)17-25-16-24(37-32)11-10-20(3)14-19(2)8-7-9-23-18-35-30-28(23)26(31(34)36-25)15-22(5)29(30)33/h7-10,15,19,21,24-25,27,33H,6,11-14,16-18H2,1-5H3/t19-,21-,24+,25-,27+,32+/m0/s1. The number of rotatable bonds is 1. The summed E-state index contributed by atoms with van der Waals surface area (Å²) in [6.07, 6.45) is 13.8. The lowest BCUT2D eigenvalue weighted by atomic mass is 9.85. The van der Waals surface area contributed by atoms with E-state index >= 15 is 0 Å². The van der Waals surface area contributed by atoms with Crippen LogP contribution >= 0.6 is 0 Å². The summed E-state index contributed by atoms with van der Waals surface area (Å²) in [4.78, 5) is 13.7. The molecule has 4 heterocycles. The highest BCUT2D eigenvalue weighted by Gasteiger charge is 2.48. The van der Waals surface area contributed by atoms with Gasteiger partial charge in [-0.3, -0.25) is 0 Å². The average molecular weight is 523 g/mol. The Morgan fingerprint density at radius 3 is 2.76 bits per heavy atom. The molecule has 4 aliphatic heterocycles. The molecule has 0 saturated carbocycles. The monoisotopic (exact) mass is 522 g/mol. The summed E-state index contributed by atoms with van der Waals surface area (Å²) in [6, 6.07) is 1.72. The van der Waals surface area contributed by atoms with Crippen molar-refractivity contribution in [3.05, 3.63) is 52.6 Å². The number of phenolic OH excluding ortho intramolecular Hbond substituents is 1. The molecule has 0 unspecified atom stereocenters. The van der Waals surface area contributed by atoms with Crippen LogP contribution in [0.3, 0.4) is 0 Å². The topological polar surface area (TPSA) is 74.2 Å². The molecule has 1 N–H and O–H groups in total. The van der Waals surface area contributed by atoms with Crippen LogP contribution in [0.25, 0.3) is 5.57 Å². The molecule has 1 spiro atoms. The Morgan fingerprint density at radius 2 is 1.97 bits per heavy atom. The van der Waals surface area contributed by atoms with Crippen LogP contribution in [0.4, 0.5) is 0 Å². The molecule has 38 heavy (non-hydrogen) atoms. The highest BCUT2D eigenvalue weighted by atomic mass is 16.7. The second-order valence-corrected chi connectivity index (χ2v) is 11.8. The molecule has 0 aliphatic carbocycles. The number of phenols is 1. The second-order valence-electron chi connectivity index (χ2n) is 11.8. The predicted molar refractivity (Wildman–Crippen MR) is 147 cm³/mol. The first kappa shape index (κ1) is 27.0. The molecule has 6 nitrogen and oxygen atoms in total. The molecular formula is C32H42O6. The van der Waals surface area contributed by atoms with E-state index in [9.17, 15) is 9.90 Å². The zero-order valence-electron chi connectivity index (χ0n) is 23.4. The highest BCUT2D eigenvalue weighted by molar-refractivity contribution is 5.99. The molecule has 6 heteroatoms. The Balaban J connectivity index is 1.53. The van der Waals surface area contributed by atoms with Crippen LogP contribution < -0.4 is 4.74 Å². The second kappa shape index (κ2) is 10.9. The van der Waals surface area contributed by atoms with E-state index in [2.05, 4.69) is 39.8 Å². The lowest BCUT2D eigenvalue weighted by Crippen LogP contribution is -2.54. The Bertz CT molecular complexity index is 1160. The number of hydrogen-bond acceptors (Lipinski definition) is 6. The van der Waals surface area contributed by atoms with E-state index < -0.39 is 11.8 Å². The van der Waals surface area contributed by atoms with E-state index in [1.165, 1.54) is 5.57 Å². The van der Waals surface area contributed by atoms with Crippen molar-refractivity contribution in [2.75, 3.05) is 6.61 Å². The van der Waals surface area contributed by atoms with Crippen LogP contribution in [-0.4, -0.2) is 41.8 Å². The van der Waals surface area contributed by atoms with Crippen molar-refractivity contribution in [3.63, 3.8) is 0 Å². The molecule has 1 aromatic rings. The number of benzene rings is 1. The van der Waals surface area contributed by atoms with Crippen molar-refractivity contribution in [1.82, 2.24) is 0 Å². The first-order chi connectivity index (χ1) is 18.2. The van der Waals surface area contributed by atoms with Crippen molar-refractivity contribution in [2.45, 2.75) is 104 Å². The SMILES string of the molecule is CC[C@H]1O[C@]2(CC[C@@H]1C)C[C@@H]1C[C@@H](CC=C(C)C[C@@H](C)C=CC=C3COc4c(O)c(C)cc(c43)C(=O)O1)O2. The maximum Gasteiger partial charge on any atom is 0.339 e. The van der Waals surface area contributed by atoms with Crippen LogP contribution in [0.5, 0.6) is 11.5 Å². The molecular weight excluding hydrogens is 480 g/mol. The number of ether oxygens (including phenoxy) is 4. The van der Waals surface area contributed by atoms with E-state index in [4.69, 9.17) is 18.9 Å². The zero-order valence-corrected chi connectivity index (χ0v) is 23.4. The fraction of sp³-hybridized carbons (Fsp3) is 0.594. The molecule has 0 radical (unpaired) electrons. The number of fused-ring (bicyclic) bond motifs is 2. The normalized spacial score (nSPS) is 33.7. The van der Waals surface area contributed by atoms with Gasteiger partial charge in [0.2, 0.25) is 0 Å². The van der Waals surface area contributed by atoms with Gasteiger partial charge < -0.3 is 24.1 Å². The lowest BCUT2D eigenvalue weighted by Gasteiger charge is -2.49. The number of aryl methyl sites for hydroxylation is 1. The summed E-state index contributed by atoms with van der Waals surface area (Å²) in [5.41, 5.74) is 3.84. The third-order valence-electron chi connectivity index (χ3n) is 8.57. The van der Waals surface area contributed by atoms with Crippen molar-refractivity contribution in [2.24, 2.45) is 11.8 Å². The van der Waals surface area contributed by atoms with Gasteiger partial charge in [-0.05, 0) is 63.0 Å². The molecule has 2 fully saturated rings. The first-order valence-corrected chi connectivity index (χ1v) is 14.3. The van der Waals surface area contributed by atoms with Gasteiger partial charge in [-0.1, -0.05) is 50.6 Å². The maximum atomic E-state index is 13.7. The molecule has 6 atom stereocenters. The minimum atomic E-state index is -0.731. The van der Waals surface area contributed by atoms with Gasteiger partial charge in [0.05, 0.1) is 17.8 Å². The van der Waals surface area contributed by atoms with Crippen LogP contribution in [0.1, 0.15) is 94.1 Å². The number of carbonyl (C=O) groups is 1. The summed E-state index contributed by atoms with van der Waals surface area (Å²) < 4.78 is 25.4. The number of carbonyl (C=O) groups excluding carboxylic acids is 1. The minimum Gasteiger partial charge on any atom is -0.504 e. The van der Waals surface area contributed by atoms with Crippen molar-refractivity contribution < 1.29 is 28.8 Å². The van der Waals surface area contributed by atoms with Gasteiger partial charge in [0.15, 0.2) is 17.3 Å². The smallest absolute Gasteiger partial charge is 0.339 e. The van der Waals surface area contributed by atoms with Crippen molar-refractivity contribution in [3.8, 4) is 11.5 Å². The fourth-order valence-electron chi connectivity index (χ4n) is 6.48. The van der Waals surface area contributed by atoms with E-state index in [1.54, 1.807) is 13.0 Å². The van der Waals surface area contributed by atoms with Crippen molar-refractivity contribution >= 4 is 11.5 Å². The predicted octanol–water partition coefficient (Wildman–Crippen LogP) is 7.03. The number of aromatic hydroxyl groups is 1. The summed E-state index contributed by atoms with van der Waals surface area (Å²) in [5, 5.41) is 10.7. The largest absolute Gasteiger partial charge is 0.504 e. The maximum absolute atomic E-state index is 13.7. The highest BCUT2D eigenvalue weighted by Crippen LogP contribution is 2.46. The fourth-order valence-corrected chi connectivity index (χ4v) is 6.48. The summed E-state index contributed by atoms with van der Waals surface area (Å²) in [7, 11) is 0. The molecule has 206 valence electrons. The molecule has 0 aromatic heterocycles. The first-order valence-electron chi connectivity index (χ1n) is 14.3. The van der Waals surface area contributed by atoms with E-state index in [0.717, 1.165) is 37.7 Å². The van der Waals surface area contributed by atoms with E-state index in [1.807, 2.05) is 12.2 Å². The summed E-state index contributed by atoms with van der Waals surface area (Å²) in [5.74, 6) is 0.146. The third-order valence-corrected chi connectivity index (χ3v) is 8.57. The van der Waals surface area contributed by atoms with Crippen LogP contribution in [0, 0.1) is 18.8 Å². The molecule has 2 saturated heterocycles. The van der Waals surface area contributed by atoms with Gasteiger partial charge in [-0.25, -0.2) is 4.79 Å². The summed E-state index contributed by atoms with van der Waals surface area (Å²) >= 11 is 0.